The molecular weight excluding hydrogens is 240 g/mol. The standard InChI is InChI=1S/C11H12N2O3S/c1-7(14)17-9-5-13(6-9)11(16)8-2-3-10(15)12-4-8/h2-4,9H,5-6H2,1H3,(H,12,15). The van der Waals surface area contributed by atoms with Gasteiger partial charge in [0.15, 0.2) is 5.12 Å². The maximum atomic E-state index is 11.9. The van der Waals surface area contributed by atoms with Gasteiger partial charge in [-0.25, -0.2) is 0 Å². The van der Waals surface area contributed by atoms with Crippen molar-refractivity contribution in [2.45, 2.75) is 12.2 Å². The summed E-state index contributed by atoms with van der Waals surface area (Å²) in [6, 6.07) is 2.83. The molecule has 0 bridgehead atoms. The van der Waals surface area contributed by atoms with Crippen LogP contribution in [0.3, 0.4) is 0 Å². The Balaban J connectivity index is 1.93. The number of nitrogens with zero attached hydrogens (tertiary/aromatic N) is 1. The first-order valence-corrected chi connectivity index (χ1v) is 6.09. The number of pyridine rings is 1. The molecule has 2 heterocycles. The molecule has 17 heavy (non-hydrogen) atoms. The number of likely N-dealkylation sites (tertiary alicyclic amines) is 1. The monoisotopic (exact) mass is 252 g/mol. The minimum absolute atomic E-state index is 0.0751. The second kappa shape index (κ2) is 4.75. The molecule has 0 aromatic carbocycles. The van der Waals surface area contributed by atoms with Gasteiger partial charge in [0.1, 0.15) is 0 Å². The lowest BCUT2D eigenvalue weighted by Crippen LogP contribution is -2.52. The number of carbonyl (C=O) groups is 2. The van der Waals surface area contributed by atoms with E-state index in [1.165, 1.54) is 37.0 Å². The number of rotatable bonds is 2. The van der Waals surface area contributed by atoms with Gasteiger partial charge in [-0.1, -0.05) is 11.8 Å². The zero-order chi connectivity index (χ0) is 12.4. The summed E-state index contributed by atoms with van der Waals surface area (Å²) in [6.07, 6.45) is 1.41. The Morgan fingerprint density at radius 2 is 2.12 bits per heavy atom. The highest BCUT2D eigenvalue weighted by atomic mass is 32.2. The first-order valence-electron chi connectivity index (χ1n) is 5.21. The number of amides is 1. The fraction of sp³-hybridized carbons (Fsp3) is 0.364. The van der Waals surface area contributed by atoms with Crippen molar-refractivity contribution in [1.29, 1.82) is 0 Å². The van der Waals surface area contributed by atoms with Gasteiger partial charge in [0, 0.05) is 37.5 Å². The van der Waals surface area contributed by atoms with Crippen LogP contribution in [0.25, 0.3) is 0 Å². The molecule has 1 aliphatic heterocycles. The molecule has 5 nitrogen and oxygen atoms in total. The molecule has 90 valence electrons. The van der Waals surface area contributed by atoms with Gasteiger partial charge in [-0.3, -0.25) is 14.4 Å². The van der Waals surface area contributed by atoms with Crippen LogP contribution in [0.15, 0.2) is 23.1 Å². The summed E-state index contributed by atoms with van der Waals surface area (Å²) in [4.78, 5) is 37.7. The third kappa shape index (κ3) is 2.76. The summed E-state index contributed by atoms with van der Waals surface area (Å²) >= 11 is 1.27. The van der Waals surface area contributed by atoms with Crippen LogP contribution in [0.5, 0.6) is 0 Å². The lowest BCUT2D eigenvalue weighted by molar-refractivity contribution is -0.109. The van der Waals surface area contributed by atoms with E-state index in [2.05, 4.69) is 4.98 Å². The fourth-order valence-electron chi connectivity index (χ4n) is 1.64. The van der Waals surface area contributed by atoms with Crippen LogP contribution in [-0.4, -0.2) is 39.2 Å². The van der Waals surface area contributed by atoms with Gasteiger partial charge in [-0.15, -0.1) is 0 Å². The Morgan fingerprint density at radius 3 is 2.65 bits per heavy atom. The van der Waals surface area contributed by atoms with E-state index >= 15 is 0 Å². The number of aromatic amines is 1. The third-order valence-electron chi connectivity index (χ3n) is 2.50. The van der Waals surface area contributed by atoms with Crippen molar-refractivity contribution in [3.05, 3.63) is 34.2 Å². The van der Waals surface area contributed by atoms with E-state index in [1.807, 2.05) is 0 Å². The third-order valence-corrected chi connectivity index (χ3v) is 3.46. The minimum Gasteiger partial charge on any atom is -0.336 e. The number of thioether (sulfide) groups is 1. The van der Waals surface area contributed by atoms with Crippen molar-refractivity contribution in [3.63, 3.8) is 0 Å². The Hall–Kier alpha value is -1.56. The highest BCUT2D eigenvalue weighted by Gasteiger charge is 2.32. The molecule has 1 aromatic rings. The molecule has 0 saturated carbocycles. The van der Waals surface area contributed by atoms with Crippen LogP contribution in [-0.2, 0) is 4.79 Å². The van der Waals surface area contributed by atoms with Crippen LogP contribution in [0, 0.1) is 0 Å². The molecule has 1 N–H and O–H groups in total. The van der Waals surface area contributed by atoms with Crippen molar-refractivity contribution in [2.24, 2.45) is 0 Å². The summed E-state index contributed by atoms with van der Waals surface area (Å²) in [5.41, 5.74) is 0.242. The molecular formula is C11H12N2O3S. The van der Waals surface area contributed by atoms with Gasteiger partial charge in [-0.2, -0.15) is 0 Å². The van der Waals surface area contributed by atoms with Crippen LogP contribution in [0.4, 0.5) is 0 Å². The summed E-state index contributed by atoms with van der Waals surface area (Å²) in [7, 11) is 0. The highest BCUT2D eigenvalue weighted by molar-refractivity contribution is 8.14. The second-order valence-corrected chi connectivity index (χ2v) is 5.36. The lowest BCUT2D eigenvalue weighted by Gasteiger charge is -2.38. The van der Waals surface area contributed by atoms with E-state index in [4.69, 9.17) is 0 Å². The molecule has 1 saturated heterocycles. The first kappa shape index (κ1) is 11.9. The topological polar surface area (TPSA) is 70.2 Å². The highest BCUT2D eigenvalue weighted by Crippen LogP contribution is 2.24. The predicted octanol–water partition coefficient (Wildman–Crippen LogP) is 0.479. The molecule has 6 heteroatoms. The Morgan fingerprint density at radius 1 is 1.41 bits per heavy atom. The van der Waals surface area contributed by atoms with Crippen molar-refractivity contribution in [2.75, 3.05) is 13.1 Å². The molecule has 0 unspecified atom stereocenters. The summed E-state index contributed by atoms with van der Waals surface area (Å²) in [5.74, 6) is -0.110. The minimum atomic E-state index is -0.227. The average Bonchev–Trinajstić information content (AvgIpc) is 2.23. The Labute approximate surface area is 102 Å². The van der Waals surface area contributed by atoms with Gasteiger partial charge in [0.05, 0.1) is 5.56 Å². The summed E-state index contributed by atoms with van der Waals surface area (Å²) in [6.45, 7) is 2.70. The average molecular weight is 252 g/mol. The quantitative estimate of drug-likeness (QED) is 0.831. The number of carbonyl (C=O) groups excluding carboxylic acids is 2. The molecule has 0 atom stereocenters. The van der Waals surface area contributed by atoms with E-state index < -0.39 is 0 Å². The van der Waals surface area contributed by atoms with Gasteiger partial charge < -0.3 is 9.88 Å². The van der Waals surface area contributed by atoms with Crippen molar-refractivity contribution in [1.82, 2.24) is 9.88 Å². The largest absolute Gasteiger partial charge is 0.336 e. The van der Waals surface area contributed by atoms with Gasteiger partial charge >= 0.3 is 0 Å². The van der Waals surface area contributed by atoms with E-state index in [1.54, 1.807) is 4.90 Å². The van der Waals surface area contributed by atoms with Gasteiger partial charge in [0.2, 0.25) is 5.56 Å². The molecule has 0 radical (unpaired) electrons. The van der Waals surface area contributed by atoms with Crippen molar-refractivity contribution >= 4 is 22.8 Å². The fourth-order valence-corrected chi connectivity index (χ4v) is 2.62. The molecule has 1 aromatic heterocycles. The molecule has 2 rings (SSSR count). The number of aromatic nitrogens is 1. The molecule has 1 fully saturated rings. The second-order valence-electron chi connectivity index (χ2n) is 3.88. The van der Waals surface area contributed by atoms with Gasteiger partial charge in [-0.05, 0) is 6.07 Å². The smallest absolute Gasteiger partial charge is 0.255 e. The van der Waals surface area contributed by atoms with Crippen LogP contribution in [0.2, 0.25) is 0 Å². The summed E-state index contributed by atoms with van der Waals surface area (Å²) in [5, 5.41) is 0.283. The predicted molar refractivity (Wildman–Crippen MR) is 65.0 cm³/mol. The Kier molecular flexibility index (Phi) is 3.33. The normalized spacial score (nSPS) is 15.5. The maximum absolute atomic E-state index is 11.9. The SMILES string of the molecule is CC(=O)SC1CN(C(=O)c2ccc(=O)[nH]c2)C1. The number of hydrogen-bond acceptors (Lipinski definition) is 4. The zero-order valence-corrected chi connectivity index (χ0v) is 10.1. The van der Waals surface area contributed by atoms with Crippen LogP contribution < -0.4 is 5.56 Å². The molecule has 0 aliphatic carbocycles. The molecule has 1 amide bonds. The van der Waals surface area contributed by atoms with Crippen molar-refractivity contribution in [3.8, 4) is 0 Å². The number of H-pyrrole nitrogens is 1. The Bertz CT molecular complexity index is 485. The van der Waals surface area contributed by atoms with E-state index in [-0.39, 0.29) is 21.8 Å². The maximum Gasteiger partial charge on any atom is 0.255 e. The lowest BCUT2D eigenvalue weighted by atomic mass is 10.1. The van der Waals surface area contributed by atoms with E-state index in [0.29, 0.717) is 18.7 Å². The summed E-state index contributed by atoms with van der Waals surface area (Å²) < 4.78 is 0. The first-order chi connectivity index (χ1) is 8.06. The van der Waals surface area contributed by atoms with E-state index in [0.717, 1.165) is 0 Å². The van der Waals surface area contributed by atoms with E-state index in [9.17, 15) is 14.4 Å². The molecule has 1 aliphatic rings. The molecule has 0 spiro atoms. The number of hydrogen-bond donors (Lipinski definition) is 1. The number of nitrogens with one attached hydrogen (secondary N) is 1. The van der Waals surface area contributed by atoms with Crippen molar-refractivity contribution < 1.29 is 9.59 Å². The van der Waals surface area contributed by atoms with Crippen LogP contribution in [0.1, 0.15) is 17.3 Å². The van der Waals surface area contributed by atoms with Crippen LogP contribution >= 0.6 is 11.8 Å². The van der Waals surface area contributed by atoms with Gasteiger partial charge in [0.25, 0.3) is 5.91 Å². The zero-order valence-electron chi connectivity index (χ0n) is 9.30.